The second kappa shape index (κ2) is 11.4. The molecule has 178 valence electrons. The highest BCUT2D eigenvalue weighted by molar-refractivity contribution is 7.89. The monoisotopic (exact) mass is 481 g/mol. The SMILES string of the molecule is CCOc1ccc(S(=O)(=O)N[C@@H](Cc2ccccc2)C(=O)Nc2cccc(NC(C)=O)c2)cc1. The van der Waals surface area contributed by atoms with Crippen LogP contribution in [0.1, 0.15) is 19.4 Å². The van der Waals surface area contributed by atoms with Crippen molar-refractivity contribution >= 4 is 33.2 Å². The average Bonchev–Trinajstić information content (AvgIpc) is 2.79. The van der Waals surface area contributed by atoms with Crippen molar-refractivity contribution in [3.63, 3.8) is 0 Å². The fourth-order valence-corrected chi connectivity index (χ4v) is 4.48. The summed E-state index contributed by atoms with van der Waals surface area (Å²) in [5, 5.41) is 5.39. The van der Waals surface area contributed by atoms with Crippen molar-refractivity contribution in [2.75, 3.05) is 17.2 Å². The van der Waals surface area contributed by atoms with E-state index in [9.17, 15) is 18.0 Å². The summed E-state index contributed by atoms with van der Waals surface area (Å²) in [4.78, 5) is 24.5. The van der Waals surface area contributed by atoms with Crippen LogP contribution in [0.2, 0.25) is 0 Å². The molecule has 0 aromatic heterocycles. The van der Waals surface area contributed by atoms with E-state index < -0.39 is 22.0 Å². The molecule has 0 heterocycles. The van der Waals surface area contributed by atoms with Gasteiger partial charge in [0.1, 0.15) is 11.8 Å². The summed E-state index contributed by atoms with van der Waals surface area (Å²) in [5.41, 5.74) is 1.73. The van der Waals surface area contributed by atoms with Crippen LogP contribution in [-0.2, 0) is 26.0 Å². The van der Waals surface area contributed by atoms with E-state index in [0.717, 1.165) is 5.56 Å². The third-order valence-electron chi connectivity index (χ3n) is 4.79. The molecule has 0 fully saturated rings. The van der Waals surface area contributed by atoms with Gasteiger partial charge in [0.15, 0.2) is 0 Å². The largest absolute Gasteiger partial charge is 0.494 e. The topological polar surface area (TPSA) is 114 Å². The summed E-state index contributed by atoms with van der Waals surface area (Å²) in [6, 6.07) is 20.7. The molecule has 0 aliphatic carbocycles. The van der Waals surface area contributed by atoms with Gasteiger partial charge >= 0.3 is 0 Å². The fourth-order valence-electron chi connectivity index (χ4n) is 3.28. The minimum absolute atomic E-state index is 0.0227. The Labute approximate surface area is 199 Å². The maximum Gasteiger partial charge on any atom is 0.242 e. The number of carbonyl (C=O) groups is 2. The van der Waals surface area contributed by atoms with Gasteiger partial charge < -0.3 is 15.4 Å². The number of hydrogen-bond acceptors (Lipinski definition) is 5. The van der Waals surface area contributed by atoms with E-state index >= 15 is 0 Å². The van der Waals surface area contributed by atoms with Crippen molar-refractivity contribution in [3.05, 3.63) is 84.4 Å². The molecule has 34 heavy (non-hydrogen) atoms. The zero-order valence-corrected chi connectivity index (χ0v) is 19.8. The molecule has 0 bridgehead atoms. The van der Waals surface area contributed by atoms with Crippen LogP contribution in [0, 0.1) is 0 Å². The molecule has 3 aromatic rings. The second-order valence-corrected chi connectivity index (χ2v) is 9.23. The molecule has 3 N–H and O–H groups in total. The first kappa shape index (κ1) is 24.9. The Morgan fingerprint density at radius 3 is 2.15 bits per heavy atom. The molecular weight excluding hydrogens is 454 g/mol. The summed E-state index contributed by atoms with van der Waals surface area (Å²) in [6.07, 6.45) is 0.147. The standard InChI is InChI=1S/C25H27N3O5S/c1-3-33-22-12-14-23(15-13-22)34(31,32)28-24(16-19-8-5-4-6-9-19)25(30)27-21-11-7-10-20(17-21)26-18(2)29/h4-15,17,24,28H,3,16H2,1-2H3,(H,26,29)(H,27,30)/t24-/m0/s1. The van der Waals surface area contributed by atoms with Gasteiger partial charge in [0.25, 0.3) is 0 Å². The van der Waals surface area contributed by atoms with Gasteiger partial charge in [-0.3, -0.25) is 9.59 Å². The molecule has 0 spiro atoms. The van der Waals surface area contributed by atoms with Gasteiger partial charge in [0.2, 0.25) is 21.8 Å². The van der Waals surface area contributed by atoms with Crippen LogP contribution < -0.4 is 20.1 Å². The molecule has 0 aliphatic heterocycles. The summed E-state index contributed by atoms with van der Waals surface area (Å²) >= 11 is 0. The molecule has 1 atom stereocenters. The molecule has 8 nitrogen and oxygen atoms in total. The van der Waals surface area contributed by atoms with Crippen LogP contribution in [0.4, 0.5) is 11.4 Å². The number of sulfonamides is 1. The number of anilines is 2. The van der Waals surface area contributed by atoms with Crippen LogP contribution in [0.15, 0.2) is 83.8 Å². The zero-order valence-electron chi connectivity index (χ0n) is 18.9. The first-order chi connectivity index (χ1) is 16.3. The molecule has 0 saturated carbocycles. The quantitative estimate of drug-likeness (QED) is 0.410. The Bertz CT molecular complexity index is 1230. The zero-order chi connectivity index (χ0) is 24.6. The smallest absolute Gasteiger partial charge is 0.242 e. The molecule has 2 amide bonds. The third kappa shape index (κ3) is 7.16. The summed E-state index contributed by atoms with van der Waals surface area (Å²) in [5.74, 6) is -0.217. The molecule has 9 heteroatoms. The normalized spacial score (nSPS) is 11.9. The third-order valence-corrected chi connectivity index (χ3v) is 6.28. The van der Waals surface area contributed by atoms with Crippen molar-refractivity contribution < 1.29 is 22.7 Å². The number of benzene rings is 3. The van der Waals surface area contributed by atoms with Crippen molar-refractivity contribution in [2.45, 2.75) is 31.2 Å². The lowest BCUT2D eigenvalue weighted by molar-refractivity contribution is -0.117. The fraction of sp³-hybridized carbons (Fsp3) is 0.200. The number of rotatable bonds is 10. The number of carbonyl (C=O) groups excluding carboxylic acids is 2. The van der Waals surface area contributed by atoms with Crippen molar-refractivity contribution in [3.8, 4) is 5.75 Å². The Balaban J connectivity index is 1.83. The van der Waals surface area contributed by atoms with Gasteiger partial charge in [-0.1, -0.05) is 36.4 Å². The van der Waals surface area contributed by atoms with E-state index in [1.54, 1.807) is 36.4 Å². The summed E-state index contributed by atoms with van der Waals surface area (Å²) < 4.78 is 34.0. The van der Waals surface area contributed by atoms with Gasteiger partial charge in [-0.25, -0.2) is 8.42 Å². The van der Waals surface area contributed by atoms with E-state index in [1.165, 1.54) is 19.1 Å². The summed E-state index contributed by atoms with van der Waals surface area (Å²) in [6.45, 7) is 3.69. The van der Waals surface area contributed by atoms with Crippen molar-refractivity contribution in [2.24, 2.45) is 0 Å². The van der Waals surface area contributed by atoms with Gasteiger partial charge in [0, 0.05) is 18.3 Å². The van der Waals surface area contributed by atoms with Gasteiger partial charge in [0.05, 0.1) is 11.5 Å². The number of amides is 2. The highest BCUT2D eigenvalue weighted by Crippen LogP contribution is 2.19. The predicted molar refractivity (Wildman–Crippen MR) is 131 cm³/mol. The molecule has 0 aliphatic rings. The lowest BCUT2D eigenvalue weighted by Gasteiger charge is -2.19. The molecule has 0 radical (unpaired) electrons. The number of nitrogens with one attached hydrogen (secondary N) is 3. The van der Waals surface area contributed by atoms with Crippen LogP contribution in [-0.4, -0.2) is 32.9 Å². The van der Waals surface area contributed by atoms with Gasteiger partial charge in [-0.15, -0.1) is 0 Å². The first-order valence-electron chi connectivity index (χ1n) is 10.7. The minimum atomic E-state index is -4.00. The number of hydrogen-bond donors (Lipinski definition) is 3. The highest BCUT2D eigenvalue weighted by atomic mass is 32.2. The van der Waals surface area contributed by atoms with Crippen LogP contribution in [0.25, 0.3) is 0 Å². The van der Waals surface area contributed by atoms with Crippen LogP contribution in [0.5, 0.6) is 5.75 Å². The Hall–Kier alpha value is -3.69. The second-order valence-electron chi connectivity index (χ2n) is 7.52. The lowest BCUT2D eigenvalue weighted by atomic mass is 10.1. The van der Waals surface area contributed by atoms with Gasteiger partial charge in [-0.05, 0) is 61.4 Å². The van der Waals surface area contributed by atoms with E-state index in [4.69, 9.17) is 4.74 Å². The minimum Gasteiger partial charge on any atom is -0.494 e. The number of ether oxygens (including phenoxy) is 1. The Morgan fingerprint density at radius 2 is 1.53 bits per heavy atom. The Morgan fingerprint density at radius 1 is 0.882 bits per heavy atom. The Kier molecular flexibility index (Phi) is 8.39. The summed E-state index contributed by atoms with van der Waals surface area (Å²) in [7, 11) is -4.00. The molecule has 3 rings (SSSR count). The van der Waals surface area contributed by atoms with E-state index in [1.807, 2.05) is 37.3 Å². The van der Waals surface area contributed by atoms with Crippen molar-refractivity contribution in [1.29, 1.82) is 0 Å². The maximum absolute atomic E-state index is 13.2. The molecular formula is C25H27N3O5S. The van der Waals surface area contributed by atoms with E-state index in [0.29, 0.717) is 23.7 Å². The molecule has 0 saturated heterocycles. The first-order valence-corrected chi connectivity index (χ1v) is 12.2. The van der Waals surface area contributed by atoms with E-state index in [-0.39, 0.29) is 17.2 Å². The highest BCUT2D eigenvalue weighted by Gasteiger charge is 2.26. The maximum atomic E-state index is 13.2. The van der Waals surface area contributed by atoms with Crippen LogP contribution in [0.3, 0.4) is 0 Å². The molecule has 3 aromatic carbocycles. The lowest BCUT2D eigenvalue weighted by Crippen LogP contribution is -2.45. The van der Waals surface area contributed by atoms with E-state index in [2.05, 4.69) is 15.4 Å². The van der Waals surface area contributed by atoms with Gasteiger partial charge in [-0.2, -0.15) is 4.72 Å². The average molecular weight is 482 g/mol. The van der Waals surface area contributed by atoms with Crippen LogP contribution >= 0.6 is 0 Å². The molecule has 0 unspecified atom stereocenters. The van der Waals surface area contributed by atoms with Crippen molar-refractivity contribution in [1.82, 2.24) is 4.72 Å². The predicted octanol–water partition coefficient (Wildman–Crippen LogP) is 3.57.